The van der Waals surface area contributed by atoms with Crippen LogP contribution in [0, 0.1) is 5.41 Å². The van der Waals surface area contributed by atoms with Crippen molar-refractivity contribution in [2.45, 2.75) is 6.42 Å². The Balaban J connectivity index is 1.97. The van der Waals surface area contributed by atoms with Gasteiger partial charge in [0.25, 0.3) is 0 Å². The normalized spacial score (nSPS) is 12.8. The van der Waals surface area contributed by atoms with E-state index in [0.717, 1.165) is 39.0 Å². The van der Waals surface area contributed by atoms with Crippen molar-refractivity contribution in [2.75, 3.05) is 7.05 Å². The van der Waals surface area contributed by atoms with Crippen molar-refractivity contribution < 1.29 is 0 Å². The lowest BCUT2D eigenvalue weighted by molar-refractivity contribution is 0.992. The number of nitrogens with one attached hydrogen (secondary N) is 3. The van der Waals surface area contributed by atoms with E-state index < -0.39 is 0 Å². The second-order valence-electron chi connectivity index (χ2n) is 6.11. The topological polar surface area (TPSA) is 90.6 Å². The van der Waals surface area contributed by atoms with Crippen LogP contribution in [0.2, 0.25) is 0 Å². The number of rotatable bonds is 7. The quantitative estimate of drug-likeness (QED) is 0.381. The van der Waals surface area contributed by atoms with Gasteiger partial charge in [-0.3, -0.25) is 0 Å². The molecule has 0 spiro atoms. The van der Waals surface area contributed by atoms with Crippen LogP contribution < -0.4 is 11.1 Å². The standard InChI is InChI=1S/C22H23N5/c1-15(6-5-11-23)17(21(13-24)25-2)10-9-16-12-19-18-7-3-4-8-20(18)27-22(19)26-14-16/h3-8,10-14,23,25H,1,9,24H2,2H3,(H,26,27)/b6-5-,17-10-,21-13+,23-11?. The van der Waals surface area contributed by atoms with Gasteiger partial charge in [-0.25, -0.2) is 4.98 Å². The summed E-state index contributed by atoms with van der Waals surface area (Å²) in [5, 5.41) is 12.5. The maximum atomic E-state index is 7.16. The molecule has 27 heavy (non-hydrogen) atoms. The number of likely N-dealkylation sites (N-methyl/N-ethyl adjacent to an activating group) is 1. The van der Waals surface area contributed by atoms with Crippen LogP contribution >= 0.6 is 0 Å². The van der Waals surface area contributed by atoms with Gasteiger partial charge < -0.3 is 21.4 Å². The highest BCUT2D eigenvalue weighted by Crippen LogP contribution is 2.25. The smallest absolute Gasteiger partial charge is 0.138 e. The van der Waals surface area contributed by atoms with E-state index in [9.17, 15) is 0 Å². The molecule has 3 aromatic rings. The second-order valence-corrected chi connectivity index (χ2v) is 6.11. The number of aromatic amines is 1. The Morgan fingerprint density at radius 3 is 2.89 bits per heavy atom. The molecule has 2 aromatic heterocycles. The molecule has 0 fully saturated rings. The summed E-state index contributed by atoms with van der Waals surface area (Å²) in [4.78, 5) is 7.91. The Morgan fingerprint density at radius 2 is 2.15 bits per heavy atom. The third kappa shape index (κ3) is 3.82. The molecule has 0 saturated carbocycles. The summed E-state index contributed by atoms with van der Waals surface area (Å²) in [6.07, 6.45) is 10.8. The van der Waals surface area contributed by atoms with E-state index in [1.165, 1.54) is 17.8 Å². The maximum absolute atomic E-state index is 7.16. The minimum absolute atomic E-state index is 0.689. The van der Waals surface area contributed by atoms with E-state index in [0.29, 0.717) is 6.42 Å². The molecule has 0 saturated heterocycles. The Morgan fingerprint density at radius 1 is 1.33 bits per heavy atom. The number of pyridine rings is 1. The molecule has 5 nitrogen and oxygen atoms in total. The highest BCUT2D eigenvalue weighted by molar-refractivity contribution is 6.05. The second kappa shape index (κ2) is 8.19. The first-order valence-corrected chi connectivity index (χ1v) is 8.70. The molecule has 136 valence electrons. The molecule has 0 aliphatic rings. The molecule has 1 aromatic carbocycles. The number of aromatic nitrogens is 2. The Hall–Kier alpha value is -3.60. The summed E-state index contributed by atoms with van der Waals surface area (Å²) in [6.45, 7) is 4.09. The average molecular weight is 357 g/mol. The molecule has 0 unspecified atom stereocenters. The largest absolute Gasteiger partial charge is 0.403 e. The predicted molar refractivity (Wildman–Crippen MR) is 114 cm³/mol. The highest BCUT2D eigenvalue weighted by Gasteiger charge is 2.08. The van der Waals surface area contributed by atoms with Crippen LogP contribution in [-0.4, -0.2) is 23.2 Å². The van der Waals surface area contributed by atoms with E-state index in [1.54, 1.807) is 12.2 Å². The third-order valence-electron chi connectivity index (χ3n) is 4.42. The molecule has 0 radical (unpaired) electrons. The fourth-order valence-electron chi connectivity index (χ4n) is 3.07. The summed E-state index contributed by atoms with van der Waals surface area (Å²) >= 11 is 0. The molecule has 0 amide bonds. The molecule has 0 bridgehead atoms. The number of benzene rings is 1. The minimum Gasteiger partial charge on any atom is -0.403 e. The predicted octanol–water partition coefficient (Wildman–Crippen LogP) is 3.97. The van der Waals surface area contributed by atoms with Gasteiger partial charge in [0.2, 0.25) is 0 Å². The van der Waals surface area contributed by atoms with Crippen molar-refractivity contribution in [3.63, 3.8) is 0 Å². The van der Waals surface area contributed by atoms with Crippen molar-refractivity contribution in [3.05, 3.63) is 89.9 Å². The monoisotopic (exact) mass is 357 g/mol. The van der Waals surface area contributed by atoms with Crippen molar-refractivity contribution in [3.8, 4) is 0 Å². The summed E-state index contributed by atoms with van der Waals surface area (Å²) in [6, 6.07) is 10.4. The Labute approximate surface area is 158 Å². The van der Waals surface area contributed by atoms with Gasteiger partial charge >= 0.3 is 0 Å². The lowest BCUT2D eigenvalue weighted by Crippen LogP contribution is -2.11. The molecule has 5 N–H and O–H groups in total. The molecular weight excluding hydrogens is 334 g/mol. The van der Waals surface area contributed by atoms with Gasteiger partial charge in [-0.2, -0.15) is 0 Å². The average Bonchev–Trinajstić information content (AvgIpc) is 3.07. The number of nitrogens with zero attached hydrogens (tertiary/aromatic N) is 1. The van der Waals surface area contributed by atoms with Gasteiger partial charge in [-0.1, -0.05) is 36.9 Å². The number of hydrogen-bond acceptors (Lipinski definition) is 4. The number of para-hydroxylation sites is 1. The van der Waals surface area contributed by atoms with Crippen LogP contribution in [0.3, 0.4) is 0 Å². The van der Waals surface area contributed by atoms with Crippen LogP contribution in [-0.2, 0) is 6.42 Å². The van der Waals surface area contributed by atoms with Gasteiger partial charge in [-0.05, 0) is 35.8 Å². The molecule has 0 atom stereocenters. The molecule has 0 aliphatic heterocycles. The number of hydrogen-bond donors (Lipinski definition) is 4. The lowest BCUT2D eigenvalue weighted by Gasteiger charge is -2.12. The Bertz CT molecular complexity index is 1080. The van der Waals surface area contributed by atoms with Gasteiger partial charge in [0.1, 0.15) is 5.65 Å². The maximum Gasteiger partial charge on any atom is 0.138 e. The zero-order valence-electron chi connectivity index (χ0n) is 15.3. The van der Waals surface area contributed by atoms with Crippen LogP contribution in [0.1, 0.15) is 5.56 Å². The fourth-order valence-corrected chi connectivity index (χ4v) is 3.07. The Kier molecular flexibility index (Phi) is 5.52. The number of H-pyrrole nitrogens is 1. The molecule has 3 rings (SSSR count). The number of allylic oxidation sites excluding steroid dienone is 4. The van der Waals surface area contributed by atoms with E-state index in [4.69, 9.17) is 11.1 Å². The minimum atomic E-state index is 0.689. The van der Waals surface area contributed by atoms with E-state index in [1.807, 2.05) is 25.4 Å². The third-order valence-corrected chi connectivity index (χ3v) is 4.42. The summed E-state index contributed by atoms with van der Waals surface area (Å²) in [5.74, 6) is 0. The van der Waals surface area contributed by atoms with Crippen LogP contribution in [0.15, 0.2) is 84.4 Å². The lowest BCUT2D eigenvalue weighted by atomic mass is 10.0. The fraction of sp³-hybridized carbons (Fsp3) is 0.0909. The van der Waals surface area contributed by atoms with Crippen molar-refractivity contribution in [1.29, 1.82) is 5.41 Å². The van der Waals surface area contributed by atoms with Gasteiger partial charge in [0.05, 0.1) is 5.70 Å². The molecule has 2 heterocycles. The van der Waals surface area contributed by atoms with E-state index in [-0.39, 0.29) is 0 Å². The van der Waals surface area contributed by atoms with Crippen molar-refractivity contribution >= 4 is 28.2 Å². The van der Waals surface area contributed by atoms with Crippen LogP contribution in [0.5, 0.6) is 0 Å². The van der Waals surface area contributed by atoms with Crippen LogP contribution in [0.25, 0.3) is 21.9 Å². The molecular formula is C22H23N5. The van der Waals surface area contributed by atoms with Crippen molar-refractivity contribution in [1.82, 2.24) is 15.3 Å². The van der Waals surface area contributed by atoms with E-state index in [2.05, 4.69) is 46.1 Å². The first kappa shape index (κ1) is 18.2. The highest BCUT2D eigenvalue weighted by atomic mass is 14.9. The SMILES string of the molecule is C=C(/C=C\C=N)C(=C/Cc1cnc2[nH]c3ccccc3c2c1)/C(=C\N)NC. The first-order valence-electron chi connectivity index (χ1n) is 8.70. The van der Waals surface area contributed by atoms with Gasteiger partial charge in [-0.15, -0.1) is 0 Å². The first-order chi connectivity index (χ1) is 13.2. The summed E-state index contributed by atoms with van der Waals surface area (Å²) < 4.78 is 0. The molecule has 5 heteroatoms. The summed E-state index contributed by atoms with van der Waals surface area (Å²) in [7, 11) is 1.82. The van der Waals surface area contributed by atoms with Crippen molar-refractivity contribution in [2.24, 2.45) is 5.73 Å². The molecule has 0 aliphatic carbocycles. The van der Waals surface area contributed by atoms with Gasteiger partial charge in [0.15, 0.2) is 0 Å². The number of nitrogens with two attached hydrogens (primary N) is 1. The summed E-state index contributed by atoms with van der Waals surface area (Å²) in [5.41, 5.74) is 11.3. The zero-order chi connectivity index (χ0) is 19.2. The van der Waals surface area contributed by atoms with E-state index >= 15 is 0 Å². The number of fused-ring (bicyclic) bond motifs is 3. The van der Waals surface area contributed by atoms with Crippen LogP contribution in [0.4, 0.5) is 0 Å². The van der Waals surface area contributed by atoms with Gasteiger partial charge in [0, 0.05) is 47.5 Å². The zero-order valence-corrected chi connectivity index (χ0v) is 15.3.